The minimum atomic E-state index is -0.345. The smallest absolute Gasteiger partial charge is 0.255 e. The second-order valence-corrected chi connectivity index (χ2v) is 7.76. The summed E-state index contributed by atoms with van der Waals surface area (Å²) in [6.45, 7) is 7.12. The zero-order valence-electron chi connectivity index (χ0n) is 14.1. The number of rotatable bonds is 4. The molecule has 0 saturated carbocycles. The summed E-state index contributed by atoms with van der Waals surface area (Å²) in [6, 6.07) is 12.4. The number of carbonyl (C=O) groups is 1. The Morgan fingerprint density at radius 3 is 2.18 bits per heavy atom. The van der Waals surface area contributed by atoms with Crippen LogP contribution in [0.15, 0.2) is 86.8 Å². The van der Waals surface area contributed by atoms with Gasteiger partial charge in [0, 0.05) is 30.9 Å². The molecule has 0 bridgehead atoms. The van der Waals surface area contributed by atoms with Crippen molar-refractivity contribution in [3.05, 3.63) is 97.4 Å². The molecule has 0 atom stereocenters. The van der Waals surface area contributed by atoms with Crippen LogP contribution in [-0.4, -0.2) is 13.8 Å². The van der Waals surface area contributed by atoms with E-state index in [4.69, 9.17) is 36.8 Å². The fourth-order valence-corrected chi connectivity index (χ4v) is 2.42. The Kier molecular flexibility index (Phi) is 12.2. The van der Waals surface area contributed by atoms with Crippen molar-refractivity contribution in [1.29, 1.82) is 0 Å². The molecule has 2 aromatic rings. The van der Waals surface area contributed by atoms with Gasteiger partial charge >= 0.3 is 0 Å². The van der Waals surface area contributed by atoms with E-state index < -0.39 is 0 Å². The van der Waals surface area contributed by atoms with Crippen molar-refractivity contribution < 1.29 is 4.79 Å². The highest BCUT2D eigenvalue weighted by Crippen LogP contribution is 2.23. The number of amides is 1. The summed E-state index contributed by atoms with van der Waals surface area (Å²) in [4.78, 5) is 11.9. The predicted octanol–water partition coefficient (Wildman–Crippen LogP) is 6.82. The summed E-state index contributed by atoms with van der Waals surface area (Å²) in [5, 5.41) is 3.23. The molecule has 0 saturated heterocycles. The molecule has 0 heterocycles. The number of carbonyl (C=O) groups excluding carboxylic acids is 1. The number of nitrogen functional groups attached to an aromatic ring is 1. The Morgan fingerprint density at radius 1 is 1.14 bits per heavy atom. The van der Waals surface area contributed by atoms with Crippen LogP contribution in [0.3, 0.4) is 0 Å². The van der Waals surface area contributed by atoms with Crippen LogP contribution in [0.2, 0.25) is 5.02 Å². The summed E-state index contributed by atoms with van der Waals surface area (Å²) < 4.78 is 1.78. The molecular weight excluding hydrogens is 526 g/mol. The van der Waals surface area contributed by atoms with E-state index in [9.17, 15) is 4.79 Å². The van der Waals surface area contributed by atoms with Gasteiger partial charge in [-0.1, -0.05) is 58.6 Å². The number of nitrogens with one attached hydrogen (secondary N) is 1. The number of anilines is 1. The van der Waals surface area contributed by atoms with Gasteiger partial charge in [-0.15, -0.1) is 6.58 Å². The van der Waals surface area contributed by atoms with Gasteiger partial charge in [0.15, 0.2) is 0 Å². The molecule has 1 amide bonds. The van der Waals surface area contributed by atoms with E-state index in [0.717, 1.165) is 10.2 Å². The first-order chi connectivity index (χ1) is 12.6. The van der Waals surface area contributed by atoms with Gasteiger partial charge in [0.1, 0.15) is 7.85 Å². The SMILES string of the molecule is C.Nc1ccc(Br)cc1.[B]C(=C)/C(Cl)=C\C(=C)NC(=O)c1ccc(Br)c(Cl)c1. The van der Waals surface area contributed by atoms with Crippen LogP contribution in [-0.2, 0) is 0 Å². The van der Waals surface area contributed by atoms with Gasteiger partial charge in [0.05, 0.1) is 5.02 Å². The van der Waals surface area contributed by atoms with Gasteiger partial charge < -0.3 is 11.1 Å². The molecule has 0 unspecified atom stereocenters. The molecule has 0 aliphatic carbocycles. The van der Waals surface area contributed by atoms with E-state index in [-0.39, 0.29) is 23.8 Å². The van der Waals surface area contributed by atoms with Gasteiger partial charge in [-0.3, -0.25) is 4.79 Å². The average Bonchev–Trinajstić information content (AvgIpc) is 2.60. The fourth-order valence-electron chi connectivity index (χ4n) is 1.60. The van der Waals surface area contributed by atoms with Crippen LogP contribution in [0, 0.1) is 0 Å². The average molecular weight is 545 g/mol. The highest BCUT2D eigenvalue weighted by Gasteiger charge is 2.08. The minimum absolute atomic E-state index is 0. The van der Waals surface area contributed by atoms with Crippen molar-refractivity contribution >= 4 is 74.5 Å². The molecule has 0 aliphatic heterocycles. The maximum Gasteiger partial charge on any atom is 0.255 e. The number of halogens is 4. The maximum absolute atomic E-state index is 11.9. The molecule has 3 N–H and O–H groups in total. The molecular formula is C20H19BBr2Cl2N2O. The first-order valence-electron chi connectivity index (χ1n) is 7.38. The van der Waals surface area contributed by atoms with E-state index >= 15 is 0 Å². The van der Waals surface area contributed by atoms with Gasteiger partial charge in [-0.2, -0.15) is 0 Å². The van der Waals surface area contributed by atoms with E-state index in [1.807, 2.05) is 24.3 Å². The van der Waals surface area contributed by atoms with E-state index in [1.54, 1.807) is 18.2 Å². The Balaban J connectivity index is 0.000000678. The lowest BCUT2D eigenvalue weighted by Gasteiger charge is -2.07. The summed E-state index contributed by atoms with van der Waals surface area (Å²) >= 11 is 18.2. The number of benzene rings is 2. The molecule has 8 heteroatoms. The van der Waals surface area contributed by atoms with Gasteiger partial charge in [0.2, 0.25) is 0 Å². The Labute approximate surface area is 194 Å². The number of hydrogen-bond acceptors (Lipinski definition) is 2. The van der Waals surface area contributed by atoms with Crippen LogP contribution < -0.4 is 11.1 Å². The van der Waals surface area contributed by atoms with Crippen LogP contribution >= 0.6 is 55.1 Å². The first-order valence-corrected chi connectivity index (χ1v) is 9.72. The van der Waals surface area contributed by atoms with Crippen LogP contribution in [0.5, 0.6) is 0 Å². The Bertz CT molecular complexity index is 863. The fraction of sp³-hybridized carbons (Fsp3) is 0.0500. The van der Waals surface area contributed by atoms with Crippen LogP contribution in [0.25, 0.3) is 0 Å². The molecule has 146 valence electrons. The number of allylic oxidation sites excluding steroid dienone is 3. The zero-order valence-corrected chi connectivity index (χ0v) is 18.8. The zero-order chi connectivity index (χ0) is 20.6. The molecule has 0 spiro atoms. The van der Waals surface area contributed by atoms with Crippen molar-refractivity contribution in [2.24, 2.45) is 0 Å². The lowest BCUT2D eigenvalue weighted by atomic mass is 9.97. The van der Waals surface area contributed by atoms with E-state index in [1.165, 1.54) is 6.08 Å². The normalized spacial score (nSPS) is 10.1. The predicted molar refractivity (Wildman–Crippen MR) is 130 cm³/mol. The van der Waals surface area contributed by atoms with Gasteiger partial charge in [-0.25, -0.2) is 0 Å². The van der Waals surface area contributed by atoms with E-state index in [0.29, 0.717) is 20.8 Å². The van der Waals surface area contributed by atoms with Crippen LogP contribution in [0.1, 0.15) is 17.8 Å². The highest BCUT2D eigenvalue weighted by atomic mass is 79.9. The van der Waals surface area contributed by atoms with Crippen molar-refractivity contribution in [3.8, 4) is 0 Å². The van der Waals surface area contributed by atoms with Gasteiger partial charge in [-0.05, 0) is 64.5 Å². The molecule has 0 aliphatic rings. The summed E-state index contributed by atoms with van der Waals surface area (Å²) in [6.07, 6.45) is 1.42. The number of hydrogen-bond donors (Lipinski definition) is 2. The maximum atomic E-state index is 11.9. The Hall–Kier alpha value is -1.47. The van der Waals surface area contributed by atoms with E-state index in [2.05, 4.69) is 50.3 Å². The van der Waals surface area contributed by atoms with Crippen molar-refractivity contribution in [1.82, 2.24) is 5.32 Å². The van der Waals surface area contributed by atoms with Crippen LogP contribution in [0.4, 0.5) is 5.69 Å². The lowest BCUT2D eigenvalue weighted by molar-refractivity contribution is 0.0967. The standard InChI is InChI=1S/C13H9BBrCl2NO.C6H6BrN.CH4/c1-7(5-11(16)8(2)14)18-13(19)9-3-4-10(15)12(17)6-9;7-5-1-3-6(8)4-2-5;/h3-6H,1-2H2,(H,18,19);1-4H,8H2;1H4/b11-5+;;. The molecule has 3 nitrogen and oxygen atoms in total. The molecule has 2 radical (unpaired) electrons. The molecule has 2 rings (SSSR count). The van der Waals surface area contributed by atoms with Crippen molar-refractivity contribution in [2.45, 2.75) is 7.43 Å². The quantitative estimate of drug-likeness (QED) is 0.252. The minimum Gasteiger partial charge on any atom is -0.399 e. The van der Waals surface area contributed by atoms with Gasteiger partial charge in [0.25, 0.3) is 5.91 Å². The third kappa shape index (κ3) is 9.65. The van der Waals surface area contributed by atoms with Crippen molar-refractivity contribution in [2.75, 3.05) is 5.73 Å². The summed E-state index contributed by atoms with van der Waals surface area (Å²) in [7, 11) is 5.39. The topological polar surface area (TPSA) is 55.1 Å². The molecule has 0 aromatic heterocycles. The summed E-state index contributed by atoms with van der Waals surface area (Å²) in [5.74, 6) is -0.345. The second-order valence-electron chi connectivity index (χ2n) is 5.18. The summed E-state index contributed by atoms with van der Waals surface area (Å²) in [5.41, 5.74) is 7.12. The highest BCUT2D eigenvalue weighted by molar-refractivity contribution is 9.10. The number of nitrogens with two attached hydrogens (primary N) is 1. The third-order valence-corrected chi connectivity index (χ3v) is 5.05. The third-order valence-electron chi connectivity index (χ3n) is 2.93. The second kappa shape index (κ2) is 12.9. The monoisotopic (exact) mass is 542 g/mol. The largest absolute Gasteiger partial charge is 0.399 e. The molecule has 2 aromatic carbocycles. The first kappa shape index (κ1) is 26.5. The van der Waals surface area contributed by atoms with Crippen molar-refractivity contribution in [3.63, 3.8) is 0 Å². The Morgan fingerprint density at radius 2 is 1.71 bits per heavy atom. The lowest BCUT2D eigenvalue weighted by Crippen LogP contribution is -2.21. The molecule has 28 heavy (non-hydrogen) atoms. The molecule has 0 fully saturated rings.